The van der Waals surface area contributed by atoms with Crippen LogP contribution in [0.4, 0.5) is 0 Å². The number of rotatable bonds is 8. The van der Waals surface area contributed by atoms with E-state index in [0.717, 1.165) is 5.56 Å². The zero-order valence-electron chi connectivity index (χ0n) is 17.7. The third-order valence-corrected chi connectivity index (χ3v) is 6.77. The highest BCUT2D eigenvalue weighted by atomic mass is 32.2. The number of likely N-dealkylation sites (tertiary alicyclic amines) is 1. The molecule has 1 amide bonds. The molecule has 4 rings (SSSR count). The van der Waals surface area contributed by atoms with Crippen LogP contribution in [0.5, 0.6) is 0 Å². The van der Waals surface area contributed by atoms with Crippen molar-refractivity contribution >= 4 is 15.9 Å². The second-order valence-corrected chi connectivity index (χ2v) is 9.67. The van der Waals surface area contributed by atoms with E-state index in [1.54, 1.807) is 12.1 Å². The Hall–Kier alpha value is -3.00. The molecule has 166 valence electrons. The van der Waals surface area contributed by atoms with Crippen molar-refractivity contribution in [3.05, 3.63) is 102 Å². The number of nitrogens with zero attached hydrogens (tertiary/aromatic N) is 1. The zero-order valence-corrected chi connectivity index (χ0v) is 18.5. The molecule has 1 aliphatic rings. The summed E-state index contributed by atoms with van der Waals surface area (Å²) >= 11 is 0. The molecule has 0 saturated carbocycles. The minimum absolute atomic E-state index is 0.0327. The van der Waals surface area contributed by atoms with Crippen LogP contribution in [0, 0.1) is 5.92 Å². The maximum atomic E-state index is 12.6. The van der Waals surface area contributed by atoms with Gasteiger partial charge in [-0.3, -0.25) is 9.69 Å². The minimum atomic E-state index is -3.69. The van der Waals surface area contributed by atoms with Crippen LogP contribution in [-0.2, 0) is 21.2 Å². The van der Waals surface area contributed by atoms with E-state index in [4.69, 9.17) is 5.14 Å². The van der Waals surface area contributed by atoms with Crippen molar-refractivity contribution in [2.45, 2.75) is 17.4 Å². The first-order valence-corrected chi connectivity index (χ1v) is 12.2. The van der Waals surface area contributed by atoms with Gasteiger partial charge in [0.15, 0.2) is 0 Å². The van der Waals surface area contributed by atoms with Crippen molar-refractivity contribution in [2.24, 2.45) is 11.1 Å². The van der Waals surface area contributed by atoms with Crippen LogP contribution in [-0.4, -0.2) is 38.9 Å². The molecule has 6 nitrogen and oxygen atoms in total. The van der Waals surface area contributed by atoms with Crippen molar-refractivity contribution in [1.29, 1.82) is 0 Å². The smallest absolute Gasteiger partial charge is 0.238 e. The van der Waals surface area contributed by atoms with E-state index in [9.17, 15) is 13.2 Å². The maximum Gasteiger partial charge on any atom is 0.238 e. The number of hydrogen-bond donors (Lipinski definition) is 2. The second-order valence-electron chi connectivity index (χ2n) is 8.10. The minimum Gasteiger partial charge on any atom is -0.355 e. The SMILES string of the molecule is NS(=O)(=O)c1ccc(CCNC(=O)C2CN(C(c3ccccc3)c3ccccc3)C2)cc1. The van der Waals surface area contributed by atoms with Gasteiger partial charge < -0.3 is 5.32 Å². The summed E-state index contributed by atoms with van der Waals surface area (Å²) in [5.74, 6) is 0.0250. The van der Waals surface area contributed by atoms with Crippen molar-refractivity contribution < 1.29 is 13.2 Å². The van der Waals surface area contributed by atoms with Crippen molar-refractivity contribution in [1.82, 2.24) is 10.2 Å². The van der Waals surface area contributed by atoms with E-state index in [-0.39, 0.29) is 22.8 Å². The molecule has 0 aromatic heterocycles. The lowest BCUT2D eigenvalue weighted by molar-refractivity contribution is -0.131. The van der Waals surface area contributed by atoms with E-state index in [2.05, 4.69) is 34.5 Å². The predicted molar refractivity (Wildman–Crippen MR) is 124 cm³/mol. The topological polar surface area (TPSA) is 92.5 Å². The fourth-order valence-corrected chi connectivity index (χ4v) is 4.61. The largest absolute Gasteiger partial charge is 0.355 e. The third kappa shape index (κ3) is 5.24. The summed E-state index contributed by atoms with van der Waals surface area (Å²) in [4.78, 5) is 15.0. The number of carbonyl (C=O) groups excluding carboxylic acids is 1. The van der Waals surface area contributed by atoms with Gasteiger partial charge in [-0.05, 0) is 35.2 Å². The molecule has 32 heavy (non-hydrogen) atoms. The number of hydrogen-bond acceptors (Lipinski definition) is 4. The van der Waals surface area contributed by atoms with Crippen LogP contribution in [0.3, 0.4) is 0 Å². The number of sulfonamides is 1. The van der Waals surface area contributed by atoms with Gasteiger partial charge >= 0.3 is 0 Å². The summed E-state index contributed by atoms with van der Waals surface area (Å²) in [7, 11) is -3.69. The molecule has 1 fully saturated rings. The Bertz CT molecular complexity index is 1100. The average molecular weight is 450 g/mol. The van der Waals surface area contributed by atoms with Crippen LogP contribution < -0.4 is 10.5 Å². The van der Waals surface area contributed by atoms with E-state index in [0.29, 0.717) is 26.1 Å². The van der Waals surface area contributed by atoms with Crippen LogP contribution >= 0.6 is 0 Å². The van der Waals surface area contributed by atoms with Crippen molar-refractivity contribution in [3.8, 4) is 0 Å². The fraction of sp³-hybridized carbons (Fsp3) is 0.240. The summed E-state index contributed by atoms with van der Waals surface area (Å²) in [6.45, 7) is 1.93. The molecule has 1 saturated heterocycles. The van der Waals surface area contributed by atoms with Crippen LogP contribution in [0.25, 0.3) is 0 Å². The summed E-state index contributed by atoms with van der Waals surface area (Å²) in [5, 5.41) is 8.13. The maximum absolute atomic E-state index is 12.6. The van der Waals surface area contributed by atoms with Gasteiger partial charge in [0.1, 0.15) is 0 Å². The molecule has 0 aliphatic carbocycles. The van der Waals surface area contributed by atoms with Gasteiger partial charge in [0.05, 0.1) is 16.9 Å². The van der Waals surface area contributed by atoms with Gasteiger partial charge in [0.25, 0.3) is 0 Å². The van der Waals surface area contributed by atoms with E-state index < -0.39 is 10.0 Å². The molecule has 7 heteroatoms. The summed E-state index contributed by atoms with van der Waals surface area (Å²) in [6.07, 6.45) is 0.629. The fourth-order valence-electron chi connectivity index (χ4n) is 4.09. The van der Waals surface area contributed by atoms with Gasteiger partial charge in [0.2, 0.25) is 15.9 Å². The lowest BCUT2D eigenvalue weighted by Gasteiger charge is -2.44. The number of nitrogens with two attached hydrogens (primary N) is 1. The number of carbonyl (C=O) groups is 1. The molecule has 3 aromatic rings. The Morgan fingerprint density at radius 1 is 0.906 bits per heavy atom. The standard InChI is InChI=1S/C25H27N3O3S/c26-32(30,31)23-13-11-19(12-14-23)15-16-27-25(29)22-17-28(18-22)24(20-7-3-1-4-8-20)21-9-5-2-6-10-21/h1-14,22,24H,15-18H2,(H,27,29)(H2,26,30,31). The molecular weight excluding hydrogens is 422 g/mol. The Labute approximate surface area is 189 Å². The van der Waals surface area contributed by atoms with Crippen LogP contribution in [0.2, 0.25) is 0 Å². The Morgan fingerprint density at radius 3 is 1.94 bits per heavy atom. The molecule has 0 bridgehead atoms. The average Bonchev–Trinajstić information content (AvgIpc) is 2.76. The lowest BCUT2D eigenvalue weighted by atomic mass is 9.90. The number of amides is 1. The Balaban J connectivity index is 1.31. The van der Waals surface area contributed by atoms with E-state index >= 15 is 0 Å². The molecule has 0 spiro atoms. The molecule has 3 aromatic carbocycles. The molecule has 0 unspecified atom stereocenters. The molecule has 0 radical (unpaired) electrons. The number of primary sulfonamides is 1. The molecule has 3 N–H and O–H groups in total. The van der Waals surface area contributed by atoms with Gasteiger partial charge in [-0.1, -0.05) is 72.8 Å². The normalized spacial score (nSPS) is 14.8. The van der Waals surface area contributed by atoms with Gasteiger partial charge in [-0.25, -0.2) is 13.6 Å². The van der Waals surface area contributed by atoms with Gasteiger partial charge in [-0.2, -0.15) is 0 Å². The van der Waals surface area contributed by atoms with Gasteiger partial charge in [-0.15, -0.1) is 0 Å². The first kappa shape index (κ1) is 22.2. The van der Waals surface area contributed by atoms with E-state index in [1.165, 1.54) is 23.3 Å². The first-order valence-electron chi connectivity index (χ1n) is 10.7. The lowest BCUT2D eigenvalue weighted by Crippen LogP contribution is -2.55. The zero-order chi connectivity index (χ0) is 22.6. The quantitative estimate of drug-likeness (QED) is 0.553. The van der Waals surface area contributed by atoms with Crippen LogP contribution in [0.1, 0.15) is 22.7 Å². The molecule has 0 atom stereocenters. The summed E-state index contributed by atoms with van der Waals surface area (Å²) in [6, 6.07) is 27.3. The van der Waals surface area contributed by atoms with Crippen molar-refractivity contribution in [3.63, 3.8) is 0 Å². The second kappa shape index (κ2) is 9.65. The van der Waals surface area contributed by atoms with Crippen molar-refractivity contribution in [2.75, 3.05) is 19.6 Å². The third-order valence-electron chi connectivity index (χ3n) is 5.84. The highest BCUT2D eigenvalue weighted by molar-refractivity contribution is 7.89. The highest BCUT2D eigenvalue weighted by Gasteiger charge is 2.37. The number of benzene rings is 3. The Kier molecular flexibility index (Phi) is 6.69. The Morgan fingerprint density at radius 2 is 1.44 bits per heavy atom. The van der Waals surface area contributed by atoms with Gasteiger partial charge in [0, 0.05) is 19.6 Å². The van der Waals surface area contributed by atoms with Crippen LogP contribution in [0.15, 0.2) is 89.8 Å². The summed E-state index contributed by atoms with van der Waals surface area (Å²) < 4.78 is 22.7. The first-order chi connectivity index (χ1) is 15.4. The highest BCUT2D eigenvalue weighted by Crippen LogP contribution is 2.34. The molecular formula is C25H27N3O3S. The number of nitrogens with one attached hydrogen (secondary N) is 1. The predicted octanol–water partition coefficient (Wildman–Crippen LogP) is 2.71. The molecule has 1 heterocycles. The monoisotopic (exact) mass is 449 g/mol. The van der Waals surface area contributed by atoms with E-state index in [1.807, 2.05) is 36.4 Å². The summed E-state index contributed by atoms with van der Waals surface area (Å²) in [5.41, 5.74) is 3.39. The molecule has 1 aliphatic heterocycles.